The van der Waals surface area contributed by atoms with Crippen LogP contribution in [0.4, 0.5) is 0 Å². The molecule has 1 rings (SSSR count). The molecule has 1 N–H and O–H groups in total. The Balaban J connectivity index is 3.02. The van der Waals surface area contributed by atoms with Crippen molar-refractivity contribution in [3.05, 3.63) is 11.3 Å². The lowest BCUT2D eigenvalue weighted by Crippen LogP contribution is -2.23. The van der Waals surface area contributed by atoms with Crippen LogP contribution < -0.4 is 5.32 Å². The standard InChI is InChI=1S/C15H28N2/c1-5-17-15(12(2)3)13-10-8-6-7-9-11-14(13)16-4/h12,17H,5-11H2,1-4H3/b15-13-,16-14-. The van der Waals surface area contributed by atoms with E-state index in [1.54, 1.807) is 0 Å². The first-order valence-corrected chi connectivity index (χ1v) is 7.13. The Morgan fingerprint density at radius 1 is 1.18 bits per heavy atom. The molecule has 0 saturated heterocycles. The molecule has 1 fully saturated rings. The number of nitrogens with one attached hydrogen (secondary N) is 1. The highest BCUT2D eigenvalue weighted by molar-refractivity contribution is 6.00. The van der Waals surface area contributed by atoms with Crippen molar-refractivity contribution < 1.29 is 0 Å². The van der Waals surface area contributed by atoms with Gasteiger partial charge in [0, 0.05) is 25.0 Å². The van der Waals surface area contributed by atoms with Gasteiger partial charge in [0.2, 0.25) is 0 Å². The molecule has 0 radical (unpaired) electrons. The topological polar surface area (TPSA) is 24.4 Å². The van der Waals surface area contributed by atoms with Gasteiger partial charge in [-0.3, -0.25) is 4.99 Å². The summed E-state index contributed by atoms with van der Waals surface area (Å²) in [5, 5.41) is 3.56. The molecule has 2 heteroatoms. The average Bonchev–Trinajstić information content (AvgIpc) is 2.27. The van der Waals surface area contributed by atoms with E-state index in [2.05, 4.69) is 31.1 Å². The van der Waals surface area contributed by atoms with Gasteiger partial charge in [-0.25, -0.2) is 0 Å². The first kappa shape index (κ1) is 14.3. The van der Waals surface area contributed by atoms with Crippen molar-refractivity contribution in [2.75, 3.05) is 13.6 Å². The van der Waals surface area contributed by atoms with Gasteiger partial charge in [0.1, 0.15) is 0 Å². The monoisotopic (exact) mass is 236 g/mol. The molecule has 98 valence electrons. The number of rotatable bonds is 3. The van der Waals surface area contributed by atoms with Crippen LogP contribution in [0.2, 0.25) is 0 Å². The highest BCUT2D eigenvalue weighted by Crippen LogP contribution is 2.24. The molecular formula is C15H28N2. The zero-order valence-corrected chi connectivity index (χ0v) is 12.0. The number of aliphatic imine (C=N–C) groups is 1. The summed E-state index contributed by atoms with van der Waals surface area (Å²) in [7, 11) is 1.95. The van der Waals surface area contributed by atoms with Gasteiger partial charge in [-0.05, 0) is 44.1 Å². The van der Waals surface area contributed by atoms with Crippen LogP contribution >= 0.6 is 0 Å². The number of allylic oxidation sites excluding steroid dienone is 2. The fourth-order valence-corrected chi connectivity index (χ4v) is 2.63. The summed E-state index contributed by atoms with van der Waals surface area (Å²) in [6, 6.07) is 0. The Hall–Kier alpha value is -0.790. The second-order valence-corrected chi connectivity index (χ2v) is 5.16. The zero-order chi connectivity index (χ0) is 12.7. The molecule has 1 aliphatic carbocycles. The maximum atomic E-state index is 4.53. The molecule has 0 aromatic heterocycles. The molecule has 0 aliphatic heterocycles. The lowest BCUT2D eigenvalue weighted by Gasteiger charge is -2.22. The predicted octanol–water partition coefficient (Wildman–Crippen LogP) is 3.93. The largest absolute Gasteiger partial charge is 0.388 e. The van der Waals surface area contributed by atoms with E-state index < -0.39 is 0 Å². The van der Waals surface area contributed by atoms with Crippen molar-refractivity contribution in [2.24, 2.45) is 10.9 Å². The van der Waals surface area contributed by atoms with E-state index in [9.17, 15) is 0 Å². The summed E-state index contributed by atoms with van der Waals surface area (Å²) in [6.07, 6.45) is 7.72. The third-order valence-electron chi connectivity index (χ3n) is 3.48. The van der Waals surface area contributed by atoms with Crippen LogP contribution in [-0.4, -0.2) is 19.3 Å². The molecule has 0 atom stereocenters. The summed E-state index contributed by atoms with van der Waals surface area (Å²) in [6.45, 7) is 7.73. The van der Waals surface area contributed by atoms with Gasteiger partial charge < -0.3 is 5.32 Å². The van der Waals surface area contributed by atoms with Gasteiger partial charge in [0.05, 0.1) is 0 Å². The smallest absolute Gasteiger partial charge is 0.0394 e. The Labute approximate surface area is 107 Å². The van der Waals surface area contributed by atoms with Gasteiger partial charge in [0.25, 0.3) is 0 Å². The third kappa shape index (κ3) is 4.18. The van der Waals surface area contributed by atoms with E-state index in [1.807, 2.05) is 7.05 Å². The van der Waals surface area contributed by atoms with Crippen molar-refractivity contribution in [1.29, 1.82) is 0 Å². The van der Waals surface area contributed by atoms with E-state index in [-0.39, 0.29) is 0 Å². The summed E-state index contributed by atoms with van der Waals surface area (Å²) < 4.78 is 0. The molecule has 17 heavy (non-hydrogen) atoms. The molecule has 2 nitrogen and oxygen atoms in total. The van der Waals surface area contributed by atoms with Crippen LogP contribution in [-0.2, 0) is 0 Å². The Morgan fingerprint density at radius 3 is 2.35 bits per heavy atom. The molecule has 0 bridgehead atoms. The van der Waals surface area contributed by atoms with Crippen LogP contribution in [0, 0.1) is 5.92 Å². The molecule has 0 spiro atoms. The maximum Gasteiger partial charge on any atom is 0.0394 e. The Bertz CT molecular complexity index is 287. The van der Waals surface area contributed by atoms with Crippen LogP contribution in [0.3, 0.4) is 0 Å². The molecular weight excluding hydrogens is 208 g/mol. The fraction of sp³-hybridized carbons (Fsp3) is 0.800. The SMILES string of the molecule is CCN/C(=C1/CCCCCC/C1=N/C)C(C)C. The van der Waals surface area contributed by atoms with Crippen molar-refractivity contribution in [2.45, 2.75) is 59.3 Å². The minimum Gasteiger partial charge on any atom is -0.388 e. The van der Waals surface area contributed by atoms with Gasteiger partial charge in [-0.2, -0.15) is 0 Å². The molecule has 0 unspecified atom stereocenters. The molecule has 1 saturated carbocycles. The highest BCUT2D eigenvalue weighted by Gasteiger charge is 2.16. The van der Waals surface area contributed by atoms with E-state index >= 15 is 0 Å². The third-order valence-corrected chi connectivity index (χ3v) is 3.48. The first-order valence-electron chi connectivity index (χ1n) is 7.13. The summed E-state index contributed by atoms with van der Waals surface area (Å²) >= 11 is 0. The summed E-state index contributed by atoms with van der Waals surface area (Å²) in [4.78, 5) is 4.53. The maximum absolute atomic E-state index is 4.53. The van der Waals surface area contributed by atoms with Crippen LogP contribution in [0.1, 0.15) is 59.3 Å². The van der Waals surface area contributed by atoms with Crippen LogP contribution in [0.25, 0.3) is 0 Å². The minimum atomic E-state index is 0.570. The van der Waals surface area contributed by atoms with E-state index in [4.69, 9.17) is 0 Å². The summed E-state index contributed by atoms with van der Waals surface area (Å²) in [5.74, 6) is 0.570. The van der Waals surface area contributed by atoms with E-state index in [1.165, 1.54) is 49.1 Å². The zero-order valence-electron chi connectivity index (χ0n) is 12.0. The van der Waals surface area contributed by atoms with Crippen molar-refractivity contribution in [3.8, 4) is 0 Å². The summed E-state index contributed by atoms with van der Waals surface area (Å²) in [5.41, 5.74) is 4.27. The molecule has 0 aromatic carbocycles. The van der Waals surface area contributed by atoms with Crippen molar-refractivity contribution >= 4 is 5.71 Å². The second kappa shape index (κ2) is 7.52. The van der Waals surface area contributed by atoms with Crippen molar-refractivity contribution in [1.82, 2.24) is 5.32 Å². The van der Waals surface area contributed by atoms with Gasteiger partial charge >= 0.3 is 0 Å². The molecule has 1 aliphatic rings. The Kier molecular flexibility index (Phi) is 6.31. The van der Waals surface area contributed by atoms with E-state index in [0.29, 0.717) is 5.92 Å². The quantitative estimate of drug-likeness (QED) is 0.789. The number of hydrogen-bond acceptors (Lipinski definition) is 2. The van der Waals surface area contributed by atoms with Crippen LogP contribution in [0.5, 0.6) is 0 Å². The second-order valence-electron chi connectivity index (χ2n) is 5.16. The predicted molar refractivity (Wildman–Crippen MR) is 76.6 cm³/mol. The molecule has 0 amide bonds. The minimum absolute atomic E-state index is 0.570. The fourth-order valence-electron chi connectivity index (χ4n) is 2.63. The van der Waals surface area contributed by atoms with Crippen molar-refractivity contribution in [3.63, 3.8) is 0 Å². The van der Waals surface area contributed by atoms with Crippen LogP contribution in [0.15, 0.2) is 16.3 Å². The number of nitrogens with zero attached hydrogens (tertiary/aromatic N) is 1. The average molecular weight is 236 g/mol. The van der Waals surface area contributed by atoms with Gasteiger partial charge in [-0.15, -0.1) is 0 Å². The lowest BCUT2D eigenvalue weighted by molar-refractivity contribution is 0.611. The number of hydrogen-bond donors (Lipinski definition) is 1. The van der Waals surface area contributed by atoms with Gasteiger partial charge in [0.15, 0.2) is 0 Å². The normalized spacial score (nSPS) is 23.5. The molecule has 0 aromatic rings. The lowest BCUT2D eigenvalue weighted by atomic mass is 9.90. The Morgan fingerprint density at radius 2 is 1.82 bits per heavy atom. The van der Waals surface area contributed by atoms with Gasteiger partial charge in [-0.1, -0.05) is 26.7 Å². The first-order chi connectivity index (χ1) is 8.20. The van der Waals surface area contributed by atoms with E-state index in [0.717, 1.165) is 13.0 Å². The molecule has 0 heterocycles. The highest BCUT2D eigenvalue weighted by atomic mass is 14.9.